The van der Waals surface area contributed by atoms with Crippen molar-refractivity contribution in [2.75, 3.05) is 19.8 Å². The minimum atomic E-state index is 0.242. The summed E-state index contributed by atoms with van der Waals surface area (Å²) in [6.45, 7) is 8.66. The van der Waals surface area contributed by atoms with E-state index in [0.717, 1.165) is 32.5 Å². The quantitative estimate of drug-likeness (QED) is 0.730. The standard InChI is InChI=1S/C13H27NO2/c1-10(2)8-13(9-15)14-11(3)12-4-6-16-7-5-12/h10-15H,4-9H2,1-3H3. The van der Waals surface area contributed by atoms with Gasteiger partial charge in [-0.3, -0.25) is 0 Å². The third kappa shape index (κ3) is 4.81. The molecule has 1 aliphatic rings. The maximum absolute atomic E-state index is 9.33. The summed E-state index contributed by atoms with van der Waals surface area (Å²) >= 11 is 0. The van der Waals surface area contributed by atoms with Crippen LogP contribution in [0, 0.1) is 11.8 Å². The van der Waals surface area contributed by atoms with E-state index in [1.54, 1.807) is 0 Å². The minimum absolute atomic E-state index is 0.242. The summed E-state index contributed by atoms with van der Waals surface area (Å²) in [5.74, 6) is 1.33. The molecule has 2 atom stereocenters. The van der Waals surface area contributed by atoms with Gasteiger partial charge in [-0.25, -0.2) is 0 Å². The first-order chi connectivity index (χ1) is 7.63. The van der Waals surface area contributed by atoms with Gasteiger partial charge in [0.2, 0.25) is 0 Å². The van der Waals surface area contributed by atoms with Crippen LogP contribution in [-0.4, -0.2) is 37.0 Å². The van der Waals surface area contributed by atoms with E-state index in [-0.39, 0.29) is 12.6 Å². The van der Waals surface area contributed by atoms with Gasteiger partial charge in [-0.1, -0.05) is 13.8 Å². The van der Waals surface area contributed by atoms with Crippen molar-refractivity contribution >= 4 is 0 Å². The van der Waals surface area contributed by atoms with E-state index >= 15 is 0 Å². The number of rotatable bonds is 6. The van der Waals surface area contributed by atoms with Gasteiger partial charge < -0.3 is 15.2 Å². The van der Waals surface area contributed by atoms with Crippen LogP contribution in [0.5, 0.6) is 0 Å². The number of nitrogens with one attached hydrogen (secondary N) is 1. The Labute approximate surface area is 99.6 Å². The molecular weight excluding hydrogens is 202 g/mol. The predicted molar refractivity (Wildman–Crippen MR) is 66.5 cm³/mol. The summed E-state index contributed by atoms with van der Waals surface area (Å²) in [5.41, 5.74) is 0. The van der Waals surface area contributed by atoms with E-state index in [1.165, 1.54) is 0 Å². The van der Waals surface area contributed by atoms with Crippen LogP contribution in [0.2, 0.25) is 0 Å². The maximum Gasteiger partial charge on any atom is 0.0584 e. The normalized spacial score (nSPS) is 22.3. The van der Waals surface area contributed by atoms with Gasteiger partial charge in [0, 0.05) is 25.3 Å². The Morgan fingerprint density at radius 1 is 1.25 bits per heavy atom. The summed E-state index contributed by atoms with van der Waals surface area (Å²) in [6.07, 6.45) is 3.34. The lowest BCUT2D eigenvalue weighted by molar-refractivity contribution is 0.0523. The number of aliphatic hydroxyl groups is 1. The van der Waals surface area contributed by atoms with Crippen molar-refractivity contribution in [2.24, 2.45) is 11.8 Å². The van der Waals surface area contributed by atoms with E-state index in [2.05, 4.69) is 26.1 Å². The van der Waals surface area contributed by atoms with Gasteiger partial charge in [-0.05, 0) is 38.0 Å². The predicted octanol–water partition coefficient (Wildman–Crippen LogP) is 1.80. The monoisotopic (exact) mass is 229 g/mol. The molecule has 0 radical (unpaired) electrons. The third-order valence-corrected chi connectivity index (χ3v) is 3.45. The van der Waals surface area contributed by atoms with Crippen LogP contribution in [0.3, 0.4) is 0 Å². The van der Waals surface area contributed by atoms with Gasteiger partial charge in [-0.2, -0.15) is 0 Å². The lowest BCUT2D eigenvalue weighted by atomic mass is 9.91. The molecule has 0 aromatic heterocycles. The number of hydrogen-bond acceptors (Lipinski definition) is 3. The SMILES string of the molecule is CC(C)CC(CO)NC(C)C1CCOCC1. The Kier molecular flexibility index (Phi) is 6.32. The fourth-order valence-electron chi connectivity index (χ4n) is 2.49. The van der Waals surface area contributed by atoms with E-state index in [0.29, 0.717) is 17.9 Å². The molecule has 1 saturated heterocycles. The fraction of sp³-hybridized carbons (Fsp3) is 1.00. The molecule has 0 saturated carbocycles. The highest BCUT2D eigenvalue weighted by atomic mass is 16.5. The highest BCUT2D eigenvalue weighted by Crippen LogP contribution is 2.19. The second-order valence-corrected chi connectivity index (χ2v) is 5.41. The Bertz CT molecular complexity index is 179. The Morgan fingerprint density at radius 3 is 2.38 bits per heavy atom. The number of aliphatic hydroxyl groups excluding tert-OH is 1. The molecule has 0 amide bonds. The molecule has 0 aliphatic carbocycles. The molecule has 0 spiro atoms. The topological polar surface area (TPSA) is 41.5 Å². The highest BCUT2D eigenvalue weighted by Gasteiger charge is 2.22. The molecule has 1 heterocycles. The molecule has 1 fully saturated rings. The zero-order valence-corrected chi connectivity index (χ0v) is 10.9. The van der Waals surface area contributed by atoms with Gasteiger partial charge in [0.05, 0.1) is 6.61 Å². The van der Waals surface area contributed by atoms with E-state index in [4.69, 9.17) is 4.74 Å². The van der Waals surface area contributed by atoms with Crippen molar-refractivity contribution in [3.05, 3.63) is 0 Å². The summed E-state index contributed by atoms with van der Waals surface area (Å²) in [7, 11) is 0. The average Bonchev–Trinajstić information content (AvgIpc) is 2.28. The van der Waals surface area contributed by atoms with Gasteiger partial charge in [0.15, 0.2) is 0 Å². The van der Waals surface area contributed by atoms with Gasteiger partial charge in [0.25, 0.3) is 0 Å². The van der Waals surface area contributed by atoms with Crippen LogP contribution in [0.1, 0.15) is 40.0 Å². The molecule has 0 bridgehead atoms. The number of hydrogen-bond donors (Lipinski definition) is 2. The van der Waals surface area contributed by atoms with E-state index in [1.807, 2.05) is 0 Å². The summed E-state index contributed by atoms with van der Waals surface area (Å²) < 4.78 is 5.37. The molecule has 1 aliphatic heterocycles. The van der Waals surface area contributed by atoms with Crippen molar-refractivity contribution in [3.8, 4) is 0 Å². The lowest BCUT2D eigenvalue weighted by Crippen LogP contribution is -2.44. The Balaban J connectivity index is 2.31. The summed E-state index contributed by atoms with van der Waals surface area (Å²) in [4.78, 5) is 0. The smallest absolute Gasteiger partial charge is 0.0584 e. The fourth-order valence-corrected chi connectivity index (χ4v) is 2.49. The maximum atomic E-state index is 9.33. The van der Waals surface area contributed by atoms with Gasteiger partial charge in [-0.15, -0.1) is 0 Å². The van der Waals surface area contributed by atoms with Crippen LogP contribution in [-0.2, 0) is 4.74 Å². The largest absolute Gasteiger partial charge is 0.395 e. The molecule has 0 aromatic carbocycles. The second kappa shape index (κ2) is 7.25. The van der Waals surface area contributed by atoms with Crippen LogP contribution < -0.4 is 5.32 Å². The molecular formula is C13H27NO2. The van der Waals surface area contributed by atoms with E-state index < -0.39 is 0 Å². The lowest BCUT2D eigenvalue weighted by Gasteiger charge is -2.31. The molecule has 96 valence electrons. The van der Waals surface area contributed by atoms with Crippen molar-refractivity contribution in [1.82, 2.24) is 5.32 Å². The summed E-state index contributed by atoms with van der Waals surface area (Å²) in [6, 6.07) is 0.734. The van der Waals surface area contributed by atoms with Crippen LogP contribution in [0.25, 0.3) is 0 Å². The minimum Gasteiger partial charge on any atom is -0.395 e. The van der Waals surface area contributed by atoms with E-state index in [9.17, 15) is 5.11 Å². The Morgan fingerprint density at radius 2 is 1.88 bits per heavy atom. The van der Waals surface area contributed by atoms with Crippen molar-refractivity contribution in [2.45, 2.75) is 52.1 Å². The van der Waals surface area contributed by atoms with Crippen LogP contribution >= 0.6 is 0 Å². The Hall–Kier alpha value is -0.120. The zero-order chi connectivity index (χ0) is 12.0. The molecule has 1 rings (SSSR count). The van der Waals surface area contributed by atoms with Gasteiger partial charge >= 0.3 is 0 Å². The van der Waals surface area contributed by atoms with Gasteiger partial charge in [0.1, 0.15) is 0 Å². The van der Waals surface area contributed by atoms with Crippen molar-refractivity contribution < 1.29 is 9.84 Å². The number of ether oxygens (including phenoxy) is 1. The van der Waals surface area contributed by atoms with Crippen molar-refractivity contribution in [3.63, 3.8) is 0 Å². The molecule has 2 N–H and O–H groups in total. The highest BCUT2D eigenvalue weighted by molar-refractivity contribution is 4.79. The van der Waals surface area contributed by atoms with Crippen molar-refractivity contribution in [1.29, 1.82) is 0 Å². The summed E-state index contributed by atoms with van der Waals surface area (Å²) in [5, 5.41) is 12.9. The van der Waals surface area contributed by atoms with Crippen LogP contribution in [0.15, 0.2) is 0 Å². The first-order valence-corrected chi connectivity index (χ1v) is 6.58. The van der Waals surface area contributed by atoms with Crippen LogP contribution in [0.4, 0.5) is 0 Å². The average molecular weight is 229 g/mol. The molecule has 2 unspecified atom stereocenters. The molecule has 3 nitrogen and oxygen atoms in total. The molecule has 16 heavy (non-hydrogen) atoms. The molecule has 0 aromatic rings. The second-order valence-electron chi connectivity index (χ2n) is 5.41. The molecule has 3 heteroatoms. The third-order valence-electron chi connectivity index (χ3n) is 3.45. The zero-order valence-electron chi connectivity index (χ0n) is 10.9. The first kappa shape index (κ1) is 13.9. The first-order valence-electron chi connectivity index (χ1n) is 6.58.